The third-order valence-electron chi connectivity index (χ3n) is 2.66. The van der Waals surface area contributed by atoms with Gasteiger partial charge in [-0.1, -0.05) is 0 Å². The van der Waals surface area contributed by atoms with Crippen molar-refractivity contribution in [2.75, 3.05) is 19.6 Å². The van der Waals surface area contributed by atoms with Crippen LogP contribution in [0.5, 0.6) is 17.2 Å². The molecule has 18 heavy (non-hydrogen) atoms. The number of hydrogen-bond donors (Lipinski definition) is 1. The zero-order valence-corrected chi connectivity index (χ0v) is 9.71. The maximum absolute atomic E-state index is 5.80. The van der Waals surface area contributed by atoms with Gasteiger partial charge >= 0.3 is 0 Å². The summed E-state index contributed by atoms with van der Waals surface area (Å²) in [4.78, 5) is 8.22. The summed E-state index contributed by atoms with van der Waals surface area (Å²) in [5.74, 6) is 2.17. The summed E-state index contributed by atoms with van der Waals surface area (Å²) in [5.41, 5.74) is 7.17. The first-order chi connectivity index (χ1) is 8.79. The fraction of sp³-hybridized carbons (Fsp3) is 0.167. The standard InChI is InChI=1S/C12H11N3O3/c1-16-8-4-7(5-9-11(8)18-6-17-9)10-12(13)15-3-2-14-10/h2-5H,6H2,1H3,(H2,13,15). The molecule has 6 nitrogen and oxygen atoms in total. The summed E-state index contributed by atoms with van der Waals surface area (Å²) in [7, 11) is 1.57. The Bertz CT molecular complexity index is 601. The van der Waals surface area contributed by atoms with Gasteiger partial charge in [0.2, 0.25) is 12.5 Å². The molecule has 1 aromatic carbocycles. The minimum Gasteiger partial charge on any atom is -0.493 e. The molecule has 92 valence electrons. The molecule has 2 aromatic rings. The Hall–Kier alpha value is -2.50. The van der Waals surface area contributed by atoms with Crippen LogP contribution in [0.4, 0.5) is 5.82 Å². The monoisotopic (exact) mass is 245 g/mol. The van der Waals surface area contributed by atoms with Crippen molar-refractivity contribution in [3.8, 4) is 28.5 Å². The summed E-state index contributed by atoms with van der Waals surface area (Å²) in [6.45, 7) is 0.186. The zero-order valence-electron chi connectivity index (χ0n) is 9.71. The Kier molecular flexibility index (Phi) is 2.40. The molecule has 1 aliphatic heterocycles. The van der Waals surface area contributed by atoms with Gasteiger partial charge < -0.3 is 19.9 Å². The van der Waals surface area contributed by atoms with Gasteiger partial charge in [0.1, 0.15) is 11.5 Å². The van der Waals surface area contributed by atoms with Crippen LogP contribution in [0.2, 0.25) is 0 Å². The summed E-state index contributed by atoms with van der Waals surface area (Å²) < 4.78 is 15.9. The zero-order chi connectivity index (χ0) is 12.5. The van der Waals surface area contributed by atoms with Gasteiger partial charge in [-0.2, -0.15) is 0 Å². The number of nitrogen functional groups attached to an aromatic ring is 1. The number of methoxy groups -OCH3 is 1. The number of aromatic nitrogens is 2. The molecule has 1 aromatic heterocycles. The van der Waals surface area contributed by atoms with Gasteiger partial charge in [0.15, 0.2) is 11.5 Å². The molecule has 0 unspecified atom stereocenters. The molecule has 0 bridgehead atoms. The molecule has 0 atom stereocenters. The highest BCUT2D eigenvalue weighted by Gasteiger charge is 2.21. The van der Waals surface area contributed by atoms with Gasteiger partial charge in [0.05, 0.1) is 7.11 Å². The topological polar surface area (TPSA) is 79.5 Å². The summed E-state index contributed by atoms with van der Waals surface area (Å²) >= 11 is 0. The van der Waals surface area contributed by atoms with Crippen LogP contribution in [0, 0.1) is 0 Å². The van der Waals surface area contributed by atoms with Crippen LogP contribution in [0.3, 0.4) is 0 Å². The Morgan fingerprint density at radius 3 is 2.83 bits per heavy atom. The highest BCUT2D eigenvalue weighted by atomic mass is 16.7. The minimum atomic E-state index is 0.186. The van der Waals surface area contributed by atoms with Crippen LogP contribution in [0.15, 0.2) is 24.5 Å². The Labute approximate surface area is 103 Å². The molecule has 6 heteroatoms. The third-order valence-corrected chi connectivity index (χ3v) is 2.66. The van der Waals surface area contributed by atoms with Gasteiger partial charge in [0.25, 0.3) is 0 Å². The van der Waals surface area contributed by atoms with Crippen LogP contribution in [-0.2, 0) is 0 Å². The van der Waals surface area contributed by atoms with E-state index in [2.05, 4.69) is 9.97 Å². The molecule has 0 spiro atoms. The number of ether oxygens (including phenoxy) is 3. The first-order valence-electron chi connectivity index (χ1n) is 5.34. The molecule has 2 heterocycles. The van der Waals surface area contributed by atoms with E-state index in [9.17, 15) is 0 Å². The van der Waals surface area contributed by atoms with Crippen LogP contribution in [0.25, 0.3) is 11.3 Å². The van der Waals surface area contributed by atoms with Crippen molar-refractivity contribution in [2.45, 2.75) is 0 Å². The quantitative estimate of drug-likeness (QED) is 0.862. The van der Waals surface area contributed by atoms with Gasteiger partial charge in [0, 0.05) is 18.0 Å². The van der Waals surface area contributed by atoms with Crippen LogP contribution >= 0.6 is 0 Å². The largest absolute Gasteiger partial charge is 0.493 e. The molecule has 1 aliphatic rings. The second-order valence-corrected chi connectivity index (χ2v) is 3.70. The van der Waals surface area contributed by atoms with Crippen molar-refractivity contribution in [1.82, 2.24) is 9.97 Å². The summed E-state index contributed by atoms with van der Waals surface area (Å²) in [5, 5.41) is 0. The summed E-state index contributed by atoms with van der Waals surface area (Å²) in [6.07, 6.45) is 3.13. The smallest absolute Gasteiger partial charge is 0.231 e. The lowest BCUT2D eigenvalue weighted by Gasteiger charge is -2.08. The van der Waals surface area contributed by atoms with E-state index in [1.807, 2.05) is 6.07 Å². The average Bonchev–Trinajstić information content (AvgIpc) is 2.86. The van der Waals surface area contributed by atoms with E-state index in [1.54, 1.807) is 25.6 Å². The number of nitrogens with two attached hydrogens (primary N) is 1. The van der Waals surface area contributed by atoms with Crippen LogP contribution in [-0.4, -0.2) is 23.9 Å². The predicted octanol–water partition coefficient (Wildman–Crippen LogP) is 1.46. The van der Waals surface area contributed by atoms with Crippen molar-refractivity contribution < 1.29 is 14.2 Å². The van der Waals surface area contributed by atoms with Crippen molar-refractivity contribution in [3.05, 3.63) is 24.5 Å². The van der Waals surface area contributed by atoms with Crippen LogP contribution in [0.1, 0.15) is 0 Å². The van der Waals surface area contributed by atoms with Gasteiger partial charge in [-0.05, 0) is 12.1 Å². The molecule has 2 N–H and O–H groups in total. The lowest BCUT2D eigenvalue weighted by atomic mass is 10.1. The lowest BCUT2D eigenvalue weighted by molar-refractivity contribution is 0.171. The van der Waals surface area contributed by atoms with Crippen molar-refractivity contribution in [2.24, 2.45) is 0 Å². The van der Waals surface area contributed by atoms with E-state index in [0.29, 0.717) is 28.8 Å². The number of fused-ring (bicyclic) bond motifs is 1. The third kappa shape index (κ3) is 1.58. The number of nitrogens with zero attached hydrogens (tertiary/aromatic N) is 2. The van der Waals surface area contributed by atoms with Crippen molar-refractivity contribution >= 4 is 5.82 Å². The highest BCUT2D eigenvalue weighted by molar-refractivity contribution is 5.74. The number of anilines is 1. The predicted molar refractivity (Wildman–Crippen MR) is 64.6 cm³/mol. The molecule has 0 fully saturated rings. The van der Waals surface area contributed by atoms with Gasteiger partial charge in [-0.3, -0.25) is 4.98 Å². The molecule has 0 radical (unpaired) electrons. The SMILES string of the molecule is COc1cc(-c2nccnc2N)cc2c1OCO2. The second-order valence-electron chi connectivity index (χ2n) is 3.70. The van der Waals surface area contributed by atoms with Gasteiger partial charge in [-0.25, -0.2) is 4.98 Å². The Morgan fingerprint density at radius 1 is 1.22 bits per heavy atom. The van der Waals surface area contributed by atoms with Crippen molar-refractivity contribution in [3.63, 3.8) is 0 Å². The van der Waals surface area contributed by atoms with E-state index in [4.69, 9.17) is 19.9 Å². The second kappa shape index (κ2) is 4.06. The van der Waals surface area contributed by atoms with Crippen molar-refractivity contribution in [1.29, 1.82) is 0 Å². The molecular formula is C12H11N3O3. The maximum atomic E-state index is 5.80. The van der Waals surface area contributed by atoms with E-state index in [0.717, 1.165) is 5.56 Å². The number of hydrogen-bond acceptors (Lipinski definition) is 6. The van der Waals surface area contributed by atoms with E-state index in [-0.39, 0.29) is 6.79 Å². The van der Waals surface area contributed by atoms with E-state index in [1.165, 1.54) is 0 Å². The normalized spacial score (nSPS) is 12.5. The number of rotatable bonds is 2. The Morgan fingerprint density at radius 2 is 2.06 bits per heavy atom. The fourth-order valence-electron chi connectivity index (χ4n) is 1.84. The lowest BCUT2D eigenvalue weighted by Crippen LogP contribution is -1.96. The van der Waals surface area contributed by atoms with Crippen LogP contribution < -0.4 is 19.9 Å². The number of benzene rings is 1. The molecular weight excluding hydrogens is 234 g/mol. The molecule has 0 saturated heterocycles. The van der Waals surface area contributed by atoms with E-state index < -0.39 is 0 Å². The minimum absolute atomic E-state index is 0.186. The maximum Gasteiger partial charge on any atom is 0.231 e. The highest BCUT2D eigenvalue weighted by Crippen LogP contribution is 2.44. The molecule has 0 saturated carbocycles. The molecule has 0 amide bonds. The average molecular weight is 245 g/mol. The molecule has 0 aliphatic carbocycles. The van der Waals surface area contributed by atoms with Gasteiger partial charge in [-0.15, -0.1) is 0 Å². The molecule has 3 rings (SSSR count). The summed E-state index contributed by atoms with van der Waals surface area (Å²) in [6, 6.07) is 3.61. The first-order valence-corrected chi connectivity index (χ1v) is 5.34. The Balaban J connectivity index is 2.17. The van der Waals surface area contributed by atoms with E-state index >= 15 is 0 Å². The first kappa shape index (κ1) is 10.6. The fourth-order valence-corrected chi connectivity index (χ4v) is 1.84.